The average molecular weight is 260 g/mol. The fourth-order valence-corrected chi connectivity index (χ4v) is 2.43. The maximum absolute atomic E-state index is 11.0. The number of rotatable bonds is 6. The van der Waals surface area contributed by atoms with Crippen molar-refractivity contribution in [2.45, 2.75) is 25.8 Å². The van der Waals surface area contributed by atoms with Gasteiger partial charge in [0.05, 0.1) is 6.20 Å². The summed E-state index contributed by atoms with van der Waals surface area (Å²) >= 11 is 0. The van der Waals surface area contributed by atoms with Crippen molar-refractivity contribution in [1.29, 1.82) is 0 Å². The molecule has 17 heavy (non-hydrogen) atoms. The molecule has 0 aliphatic heterocycles. The number of aryl methyl sites for hydroxylation is 1. The average Bonchev–Trinajstić information content (AvgIpc) is 2.54. The van der Waals surface area contributed by atoms with Crippen LogP contribution in [0.15, 0.2) is 6.20 Å². The lowest BCUT2D eigenvalue weighted by Crippen LogP contribution is -2.28. The van der Waals surface area contributed by atoms with Gasteiger partial charge in [0.2, 0.25) is 0 Å². The summed E-state index contributed by atoms with van der Waals surface area (Å²) < 4.78 is 23.9. The number of hydrazine groups is 1. The number of hydrogen-bond donors (Lipinski definition) is 2. The molecule has 1 aromatic rings. The Morgan fingerprint density at radius 2 is 2.24 bits per heavy atom. The van der Waals surface area contributed by atoms with Crippen molar-refractivity contribution in [3.8, 4) is 0 Å². The van der Waals surface area contributed by atoms with Gasteiger partial charge in [-0.15, -0.1) is 0 Å². The van der Waals surface area contributed by atoms with Crippen molar-refractivity contribution in [1.82, 2.24) is 15.2 Å². The Morgan fingerprint density at radius 1 is 1.59 bits per heavy atom. The predicted octanol–water partition coefficient (Wildman–Crippen LogP) is 0.0577. The first kappa shape index (κ1) is 14.1. The van der Waals surface area contributed by atoms with E-state index in [2.05, 4.69) is 10.5 Å². The molecule has 1 unspecified atom stereocenters. The zero-order valence-corrected chi connectivity index (χ0v) is 11.3. The van der Waals surface area contributed by atoms with Gasteiger partial charge in [-0.25, -0.2) is 8.42 Å². The van der Waals surface area contributed by atoms with E-state index in [1.807, 2.05) is 14.0 Å². The van der Waals surface area contributed by atoms with Crippen LogP contribution in [0.4, 0.5) is 0 Å². The van der Waals surface area contributed by atoms with Crippen LogP contribution in [0.1, 0.15) is 30.1 Å². The van der Waals surface area contributed by atoms with Crippen molar-refractivity contribution in [2.75, 3.05) is 12.0 Å². The van der Waals surface area contributed by atoms with Gasteiger partial charge in [0.15, 0.2) is 0 Å². The molecule has 6 nitrogen and oxygen atoms in total. The lowest BCUT2D eigenvalue weighted by Gasteiger charge is -2.15. The highest BCUT2D eigenvalue weighted by molar-refractivity contribution is 7.90. The van der Waals surface area contributed by atoms with Crippen LogP contribution in [-0.4, -0.2) is 30.2 Å². The fraction of sp³-hybridized carbons (Fsp3) is 0.700. The van der Waals surface area contributed by atoms with E-state index < -0.39 is 9.84 Å². The first-order chi connectivity index (χ1) is 7.85. The summed E-state index contributed by atoms with van der Waals surface area (Å²) in [6.45, 7) is 1.96. The number of aromatic nitrogens is 2. The van der Waals surface area contributed by atoms with Crippen LogP contribution in [-0.2, 0) is 16.9 Å². The monoisotopic (exact) mass is 260 g/mol. The second-order valence-corrected chi connectivity index (χ2v) is 6.56. The van der Waals surface area contributed by atoms with E-state index in [0.717, 1.165) is 11.3 Å². The van der Waals surface area contributed by atoms with E-state index in [1.54, 1.807) is 10.9 Å². The maximum Gasteiger partial charge on any atom is 0.147 e. The Morgan fingerprint density at radius 3 is 2.65 bits per heavy atom. The van der Waals surface area contributed by atoms with Crippen molar-refractivity contribution < 1.29 is 8.42 Å². The smallest absolute Gasteiger partial charge is 0.147 e. The molecule has 7 heteroatoms. The molecule has 1 atom stereocenters. The molecule has 1 aromatic heterocycles. The van der Waals surface area contributed by atoms with E-state index in [-0.39, 0.29) is 11.8 Å². The molecule has 98 valence electrons. The van der Waals surface area contributed by atoms with Crippen LogP contribution < -0.4 is 11.3 Å². The van der Waals surface area contributed by atoms with Crippen LogP contribution >= 0.6 is 0 Å². The van der Waals surface area contributed by atoms with Gasteiger partial charge in [-0.1, -0.05) is 0 Å². The number of nitrogens with two attached hydrogens (primary N) is 1. The highest BCUT2D eigenvalue weighted by Gasteiger charge is 2.15. The van der Waals surface area contributed by atoms with E-state index in [0.29, 0.717) is 12.8 Å². The van der Waals surface area contributed by atoms with Gasteiger partial charge < -0.3 is 0 Å². The van der Waals surface area contributed by atoms with Gasteiger partial charge in [0, 0.05) is 36.4 Å². The second kappa shape index (κ2) is 5.61. The lowest BCUT2D eigenvalue weighted by atomic mass is 10.0. The summed E-state index contributed by atoms with van der Waals surface area (Å²) in [5.74, 6) is 5.68. The van der Waals surface area contributed by atoms with Crippen LogP contribution in [0.3, 0.4) is 0 Å². The third kappa shape index (κ3) is 4.10. The summed E-state index contributed by atoms with van der Waals surface area (Å²) in [5, 5.41) is 4.14. The van der Waals surface area contributed by atoms with Gasteiger partial charge in [-0.2, -0.15) is 5.10 Å². The molecule has 1 rings (SSSR count). The number of sulfone groups is 1. The molecule has 0 aliphatic carbocycles. The number of nitrogens with zero attached hydrogens (tertiary/aromatic N) is 2. The molecule has 0 saturated carbocycles. The Labute approximate surface area is 102 Å². The quantitative estimate of drug-likeness (QED) is 0.557. The predicted molar refractivity (Wildman–Crippen MR) is 67.0 cm³/mol. The number of hydrogen-bond acceptors (Lipinski definition) is 5. The minimum atomic E-state index is -2.90. The number of nitrogens with one attached hydrogen (secondary N) is 1. The summed E-state index contributed by atoms with van der Waals surface area (Å²) in [6, 6.07) is -0.0505. The largest absolute Gasteiger partial charge is 0.273 e. The molecular weight excluding hydrogens is 240 g/mol. The normalized spacial score (nSPS) is 13.9. The van der Waals surface area contributed by atoms with Crippen molar-refractivity contribution in [2.24, 2.45) is 12.9 Å². The molecule has 0 fully saturated rings. The van der Waals surface area contributed by atoms with Gasteiger partial charge in [-0.05, 0) is 19.8 Å². The van der Waals surface area contributed by atoms with Crippen LogP contribution in [0.5, 0.6) is 0 Å². The Hall–Kier alpha value is -0.920. The fourth-order valence-electron chi connectivity index (χ4n) is 1.74. The van der Waals surface area contributed by atoms with Gasteiger partial charge in [0.25, 0.3) is 0 Å². The minimum absolute atomic E-state index is 0.0505. The summed E-state index contributed by atoms with van der Waals surface area (Å²) in [6.07, 6.45) is 4.27. The highest BCUT2D eigenvalue weighted by Crippen LogP contribution is 2.20. The third-order valence-electron chi connectivity index (χ3n) is 2.86. The lowest BCUT2D eigenvalue weighted by molar-refractivity contribution is 0.504. The standard InChI is InChI=1S/C10H20N4O2S/c1-8-9(7-12-14(8)2)10(13-11)5-4-6-17(3,15)16/h7,10,13H,4-6,11H2,1-3H3. The molecule has 1 heterocycles. The first-order valence-electron chi connectivity index (χ1n) is 5.47. The molecular formula is C10H20N4O2S. The van der Waals surface area contributed by atoms with Crippen LogP contribution in [0.2, 0.25) is 0 Å². The maximum atomic E-state index is 11.0. The zero-order valence-electron chi connectivity index (χ0n) is 10.5. The van der Waals surface area contributed by atoms with E-state index in [1.165, 1.54) is 6.26 Å². The van der Waals surface area contributed by atoms with E-state index in [9.17, 15) is 8.42 Å². The Bertz CT molecular complexity index is 467. The summed E-state index contributed by atoms with van der Waals surface area (Å²) in [4.78, 5) is 0. The molecule has 0 amide bonds. The summed E-state index contributed by atoms with van der Waals surface area (Å²) in [7, 11) is -1.04. The van der Waals surface area contributed by atoms with Crippen molar-refractivity contribution >= 4 is 9.84 Å². The Kier molecular flexibility index (Phi) is 4.67. The van der Waals surface area contributed by atoms with Gasteiger partial charge >= 0.3 is 0 Å². The molecule has 0 spiro atoms. The molecule has 3 N–H and O–H groups in total. The van der Waals surface area contributed by atoms with Gasteiger partial charge in [-0.3, -0.25) is 16.0 Å². The van der Waals surface area contributed by atoms with Crippen LogP contribution in [0.25, 0.3) is 0 Å². The van der Waals surface area contributed by atoms with E-state index in [4.69, 9.17) is 5.84 Å². The zero-order chi connectivity index (χ0) is 13.1. The topological polar surface area (TPSA) is 90.0 Å². The molecule has 0 radical (unpaired) electrons. The molecule has 0 aromatic carbocycles. The Balaban J connectivity index is 2.64. The third-order valence-corrected chi connectivity index (χ3v) is 3.89. The molecule has 0 bridgehead atoms. The van der Waals surface area contributed by atoms with Crippen LogP contribution in [0, 0.1) is 6.92 Å². The second-order valence-electron chi connectivity index (χ2n) is 4.30. The van der Waals surface area contributed by atoms with Crippen molar-refractivity contribution in [3.05, 3.63) is 17.5 Å². The van der Waals surface area contributed by atoms with E-state index >= 15 is 0 Å². The molecule has 0 saturated heterocycles. The SMILES string of the molecule is Cc1c(C(CCCS(C)(=O)=O)NN)cnn1C. The summed E-state index contributed by atoms with van der Waals surface area (Å²) in [5.41, 5.74) is 4.76. The van der Waals surface area contributed by atoms with Gasteiger partial charge in [0.1, 0.15) is 9.84 Å². The first-order valence-corrected chi connectivity index (χ1v) is 7.53. The molecule has 0 aliphatic rings. The minimum Gasteiger partial charge on any atom is -0.273 e. The van der Waals surface area contributed by atoms with Crippen molar-refractivity contribution in [3.63, 3.8) is 0 Å². The highest BCUT2D eigenvalue weighted by atomic mass is 32.2.